The summed E-state index contributed by atoms with van der Waals surface area (Å²) < 4.78 is 0. The Balaban J connectivity index is 0.000000274. The van der Waals surface area contributed by atoms with E-state index >= 15 is 0 Å². The van der Waals surface area contributed by atoms with E-state index < -0.39 is 0 Å². The summed E-state index contributed by atoms with van der Waals surface area (Å²) in [6, 6.07) is 17.5. The van der Waals surface area contributed by atoms with Crippen molar-refractivity contribution in [2.75, 3.05) is 0 Å². The first-order chi connectivity index (χ1) is 14.6. The van der Waals surface area contributed by atoms with Crippen molar-refractivity contribution in [3.8, 4) is 0 Å². The molecule has 170 valence electrons. The van der Waals surface area contributed by atoms with E-state index in [1.54, 1.807) is 0 Å². The van der Waals surface area contributed by atoms with Crippen LogP contribution in [0.15, 0.2) is 65.1 Å². The molecule has 0 bridgehead atoms. The van der Waals surface area contributed by atoms with Crippen LogP contribution in [-0.4, -0.2) is 14.8 Å². The molecule has 33 heavy (non-hydrogen) atoms. The predicted octanol–water partition coefficient (Wildman–Crippen LogP) is 7.25. The van der Waals surface area contributed by atoms with E-state index in [1.165, 1.54) is 48.4 Å². The van der Waals surface area contributed by atoms with E-state index in [0.717, 1.165) is 15.9 Å². The van der Waals surface area contributed by atoms with Crippen LogP contribution in [0.4, 0.5) is 0 Å². The summed E-state index contributed by atoms with van der Waals surface area (Å²) in [5.41, 5.74) is 5.79. The number of hydrogen-bond acceptors (Lipinski definition) is 1. The third-order valence-corrected chi connectivity index (χ3v) is 6.65. The minimum Gasteiger partial charge on any atom is -0.358 e. The van der Waals surface area contributed by atoms with Gasteiger partial charge in [0.2, 0.25) is 0 Å². The van der Waals surface area contributed by atoms with Gasteiger partial charge < -0.3 is 14.9 Å². The average molecular weight is 633 g/mol. The first-order valence-corrected chi connectivity index (χ1v) is 13.4. The standard InChI is InChI=1S/C14H12.C12H10S.C2H6Si.2CH3.Hf/c1-10-8-12-7-6-11-4-2-3-5-13(11)14(12)9-10;1-8-7-10-6-5-9-3-2-4-11(9)12(10)13-8;1-3-2;;;/h2-8H,9H2,1H3;2-8H,1H3;1-2H3;2*1H3;/q;;;2*-1;. The molecule has 1 heterocycles. The van der Waals surface area contributed by atoms with E-state index in [4.69, 9.17) is 0 Å². The van der Waals surface area contributed by atoms with Crippen molar-refractivity contribution in [3.63, 3.8) is 0 Å². The minimum absolute atomic E-state index is 0. The number of allylic oxidation sites excluding steroid dienone is 2. The molecule has 3 heteroatoms. The second-order valence-corrected chi connectivity index (χ2v) is 10.4. The van der Waals surface area contributed by atoms with Crippen LogP contribution in [0, 0.1) is 14.9 Å². The number of rotatable bonds is 0. The maximum Gasteiger partial charge on any atom is 0.0307 e. The third kappa shape index (κ3) is 6.59. The summed E-state index contributed by atoms with van der Waals surface area (Å²) >= 11 is 1.97. The van der Waals surface area contributed by atoms with Crippen molar-refractivity contribution < 1.29 is 25.8 Å². The van der Waals surface area contributed by atoms with Crippen molar-refractivity contribution >= 4 is 56.4 Å². The van der Waals surface area contributed by atoms with E-state index in [2.05, 4.69) is 106 Å². The third-order valence-electron chi connectivity index (χ3n) is 5.45. The van der Waals surface area contributed by atoms with Crippen LogP contribution in [0.2, 0.25) is 13.1 Å². The first kappa shape index (κ1) is 29.6. The van der Waals surface area contributed by atoms with E-state index in [0.29, 0.717) is 5.25 Å². The molecule has 3 aliphatic rings. The Morgan fingerprint density at radius 1 is 0.939 bits per heavy atom. The Hall–Kier alpha value is -1.42. The van der Waals surface area contributed by atoms with Gasteiger partial charge in [-0.25, -0.2) is 0 Å². The van der Waals surface area contributed by atoms with Crippen molar-refractivity contribution in [1.82, 2.24) is 0 Å². The van der Waals surface area contributed by atoms with Crippen LogP contribution in [0.3, 0.4) is 0 Å². The zero-order valence-corrected chi connectivity index (χ0v) is 26.1. The summed E-state index contributed by atoms with van der Waals surface area (Å²) in [7, 11) is 1.08. The van der Waals surface area contributed by atoms with Crippen LogP contribution >= 0.6 is 11.8 Å². The maximum absolute atomic E-state index is 2.34. The van der Waals surface area contributed by atoms with Gasteiger partial charge in [0.05, 0.1) is 0 Å². The molecule has 1 unspecified atom stereocenters. The van der Waals surface area contributed by atoms with Crippen LogP contribution < -0.4 is 10.4 Å². The quantitative estimate of drug-likeness (QED) is 0.186. The van der Waals surface area contributed by atoms with E-state index in [9.17, 15) is 0 Å². The molecule has 2 radical (unpaired) electrons. The molecule has 0 N–H and O–H groups in total. The second-order valence-electron chi connectivity index (χ2n) is 8.02. The van der Waals surface area contributed by atoms with Gasteiger partial charge in [0.25, 0.3) is 0 Å². The minimum atomic E-state index is 0. The molecule has 2 aliphatic carbocycles. The van der Waals surface area contributed by atoms with Gasteiger partial charge in [0.1, 0.15) is 0 Å². The second kappa shape index (κ2) is 13.5. The first-order valence-electron chi connectivity index (χ1n) is 10.6. The van der Waals surface area contributed by atoms with Gasteiger partial charge in [-0.1, -0.05) is 97.6 Å². The van der Waals surface area contributed by atoms with Gasteiger partial charge in [-0.3, -0.25) is 0 Å². The summed E-state index contributed by atoms with van der Waals surface area (Å²) in [4.78, 5) is 1.47. The molecule has 0 saturated carbocycles. The van der Waals surface area contributed by atoms with Gasteiger partial charge in [0, 0.05) is 45.5 Å². The van der Waals surface area contributed by atoms with Gasteiger partial charge in [-0.2, -0.15) is 0 Å². The molecular formula is C30H34HfSSi-2. The molecule has 1 aliphatic heterocycles. The van der Waals surface area contributed by atoms with Gasteiger partial charge in [-0.15, -0.1) is 11.8 Å². The molecule has 0 amide bonds. The number of fused-ring (bicyclic) bond motifs is 6. The van der Waals surface area contributed by atoms with E-state index in [-0.39, 0.29) is 40.7 Å². The molecule has 0 fully saturated rings. The number of benzene rings is 3. The topological polar surface area (TPSA) is 0 Å². The van der Waals surface area contributed by atoms with Crippen LogP contribution in [0.1, 0.15) is 30.5 Å². The summed E-state index contributed by atoms with van der Waals surface area (Å²) in [5, 5.41) is 6.19. The molecule has 0 spiro atoms. The van der Waals surface area contributed by atoms with Crippen LogP contribution in [0.5, 0.6) is 0 Å². The van der Waals surface area contributed by atoms with Crippen molar-refractivity contribution in [1.29, 1.82) is 0 Å². The van der Waals surface area contributed by atoms with Gasteiger partial charge in [0.15, 0.2) is 0 Å². The van der Waals surface area contributed by atoms with E-state index in [1.807, 2.05) is 11.8 Å². The Kier molecular flexibility index (Phi) is 12.1. The fraction of sp³-hybridized carbons (Fsp3) is 0.200. The monoisotopic (exact) mass is 634 g/mol. The zero-order valence-electron chi connectivity index (χ0n) is 20.7. The van der Waals surface area contributed by atoms with Gasteiger partial charge in [-0.05, 0) is 58.2 Å². The Morgan fingerprint density at radius 2 is 1.64 bits per heavy atom. The number of thioether (sulfide) groups is 1. The normalized spacial score (nSPS) is 15.3. The fourth-order valence-electron chi connectivity index (χ4n) is 4.21. The van der Waals surface area contributed by atoms with Crippen molar-refractivity contribution in [2.24, 2.45) is 0 Å². The van der Waals surface area contributed by atoms with Crippen LogP contribution in [0.25, 0.3) is 35.1 Å². The summed E-state index contributed by atoms with van der Waals surface area (Å²) in [5.74, 6) is 0. The fourth-order valence-corrected chi connectivity index (χ4v) is 5.38. The molecule has 0 nitrogen and oxygen atoms in total. The predicted molar refractivity (Wildman–Crippen MR) is 151 cm³/mol. The molecule has 6 rings (SSSR count). The molecule has 0 aromatic heterocycles. The molecule has 3 aromatic carbocycles. The van der Waals surface area contributed by atoms with Crippen molar-refractivity contribution in [2.45, 2.75) is 43.5 Å². The summed E-state index contributed by atoms with van der Waals surface area (Å²) in [6.07, 6.45) is 12.3. The Bertz CT molecular complexity index is 1270. The smallest absolute Gasteiger partial charge is 0.0307 e. The zero-order chi connectivity index (χ0) is 21.1. The number of hydrogen-bond donors (Lipinski definition) is 0. The van der Waals surface area contributed by atoms with Gasteiger partial charge >= 0.3 is 0 Å². The Labute approximate surface area is 226 Å². The molecular weight excluding hydrogens is 599 g/mol. The SMILES string of the molecule is CC1=Cc2ccc3ccccc3c2C1.CC1C=c2ccc3c(c2S1)C=CC=3.C[Si]C.[CH3-].[CH3-].[Hf]. The average Bonchev–Trinajstić information content (AvgIpc) is 3.45. The molecule has 0 saturated heterocycles. The molecule has 3 aromatic rings. The largest absolute Gasteiger partial charge is 0.358 e. The maximum atomic E-state index is 2.34. The molecule has 1 atom stereocenters. The van der Waals surface area contributed by atoms with Crippen LogP contribution in [-0.2, 0) is 32.3 Å². The van der Waals surface area contributed by atoms with Crippen molar-refractivity contribution in [3.05, 3.63) is 102 Å². The Morgan fingerprint density at radius 3 is 2.39 bits per heavy atom. The summed E-state index contributed by atoms with van der Waals surface area (Å²) in [6.45, 7) is 8.76.